The molecule has 1 aromatic rings. The normalized spacial score (nSPS) is 13.4. The van der Waals surface area contributed by atoms with Crippen molar-refractivity contribution in [1.82, 2.24) is 10.2 Å². The minimum absolute atomic E-state index is 0.556. The highest BCUT2D eigenvalue weighted by Gasteiger charge is 2.19. The molecular weight excluding hydrogens is 312 g/mol. The molecule has 1 atom stereocenters. The van der Waals surface area contributed by atoms with E-state index in [9.17, 15) is 0 Å². The van der Waals surface area contributed by atoms with Gasteiger partial charge in [-0.1, -0.05) is 61.8 Å². The summed E-state index contributed by atoms with van der Waals surface area (Å²) >= 11 is 3.64. The van der Waals surface area contributed by atoms with Gasteiger partial charge in [-0.2, -0.15) is 0 Å². The lowest BCUT2D eigenvalue weighted by Crippen LogP contribution is -2.44. The fraction of sp³-hybridized carbons (Fsp3) is 0.647. The fourth-order valence-electron chi connectivity index (χ4n) is 2.43. The van der Waals surface area contributed by atoms with Gasteiger partial charge in [0.25, 0.3) is 0 Å². The molecule has 2 nitrogen and oxygen atoms in total. The van der Waals surface area contributed by atoms with Crippen molar-refractivity contribution in [3.05, 3.63) is 34.3 Å². The SMILES string of the molecule is CC(C)CNCC(C(C)C)N(C)Cc1ccccc1Br. The van der Waals surface area contributed by atoms with Crippen LogP contribution in [0.5, 0.6) is 0 Å². The van der Waals surface area contributed by atoms with Crippen molar-refractivity contribution in [2.24, 2.45) is 11.8 Å². The van der Waals surface area contributed by atoms with Crippen LogP contribution in [0.3, 0.4) is 0 Å². The summed E-state index contributed by atoms with van der Waals surface area (Å²) in [4.78, 5) is 2.46. The van der Waals surface area contributed by atoms with E-state index in [0.29, 0.717) is 17.9 Å². The van der Waals surface area contributed by atoms with E-state index in [1.54, 1.807) is 0 Å². The molecular formula is C17H29BrN2. The summed E-state index contributed by atoms with van der Waals surface area (Å²) in [7, 11) is 2.22. The summed E-state index contributed by atoms with van der Waals surface area (Å²) in [6.45, 7) is 12.2. The quantitative estimate of drug-likeness (QED) is 0.764. The Balaban J connectivity index is 2.60. The summed E-state index contributed by atoms with van der Waals surface area (Å²) in [6.07, 6.45) is 0. The number of hydrogen-bond acceptors (Lipinski definition) is 2. The van der Waals surface area contributed by atoms with Crippen LogP contribution >= 0.6 is 15.9 Å². The molecule has 114 valence electrons. The first-order valence-electron chi connectivity index (χ1n) is 7.56. The van der Waals surface area contributed by atoms with Crippen molar-refractivity contribution >= 4 is 15.9 Å². The molecule has 0 bridgehead atoms. The Labute approximate surface area is 133 Å². The van der Waals surface area contributed by atoms with E-state index < -0.39 is 0 Å². The molecule has 0 aliphatic heterocycles. The largest absolute Gasteiger partial charge is 0.315 e. The van der Waals surface area contributed by atoms with Gasteiger partial charge in [-0.3, -0.25) is 4.90 Å². The summed E-state index contributed by atoms with van der Waals surface area (Å²) in [5, 5.41) is 3.59. The Morgan fingerprint density at radius 1 is 1.10 bits per heavy atom. The third kappa shape index (κ3) is 5.94. The zero-order chi connectivity index (χ0) is 15.1. The average Bonchev–Trinajstić information content (AvgIpc) is 2.36. The Kier molecular flexibility index (Phi) is 7.78. The number of nitrogens with zero attached hydrogens (tertiary/aromatic N) is 1. The molecule has 1 unspecified atom stereocenters. The zero-order valence-corrected chi connectivity index (χ0v) is 15.1. The molecule has 1 aromatic carbocycles. The van der Waals surface area contributed by atoms with Crippen LogP contribution in [0.2, 0.25) is 0 Å². The monoisotopic (exact) mass is 340 g/mol. The second-order valence-electron chi connectivity index (χ2n) is 6.37. The van der Waals surface area contributed by atoms with Gasteiger partial charge < -0.3 is 5.32 Å². The van der Waals surface area contributed by atoms with Gasteiger partial charge in [0.2, 0.25) is 0 Å². The average molecular weight is 341 g/mol. The molecule has 3 heteroatoms. The van der Waals surface area contributed by atoms with Crippen LogP contribution in [0.1, 0.15) is 33.3 Å². The van der Waals surface area contributed by atoms with E-state index in [1.807, 2.05) is 0 Å². The minimum Gasteiger partial charge on any atom is -0.315 e. The third-order valence-electron chi connectivity index (χ3n) is 3.62. The van der Waals surface area contributed by atoms with E-state index in [-0.39, 0.29) is 0 Å². The molecule has 0 saturated carbocycles. The second-order valence-corrected chi connectivity index (χ2v) is 7.22. The molecule has 0 saturated heterocycles. The maximum atomic E-state index is 3.64. The molecule has 0 aliphatic rings. The van der Waals surface area contributed by atoms with Crippen LogP contribution in [0, 0.1) is 11.8 Å². The van der Waals surface area contributed by atoms with E-state index >= 15 is 0 Å². The van der Waals surface area contributed by atoms with Crippen molar-refractivity contribution in [3.8, 4) is 0 Å². The van der Waals surface area contributed by atoms with Crippen molar-refractivity contribution in [2.75, 3.05) is 20.1 Å². The summed E-state index contributed by atoms with van der Waals surface area (Å²) in [5.41, 5.74) is 1.35. The molecule has 0 spiro atoms. The molecule has 0 heterocycles. The molecule has 0 aromatic heterocycles. The lowest BCUT2D eigenvalue weighted by molar-refractivity contribution is 0.178. The van der Waals surface area contributed by atoms with Gasteiger partial charge in [-0.15, -0.1) is 0 Å². The van der Waals surface area contributed by atoms with E-state index in [4.69, 9.17) is 0 Å². The van der Waals surface area contributed by atoms with Gasteiger partial charge in [0.15, 0.2) is 0 Å². The number of likely N-dealkylation sites (N-methyl/N-ethyl adjacent to an activating group) is 1. The van der Waals surface area contributed by atoms with Crippen molar-refractivity contribution < 1.29 is 0 Å². The number of nitrogens with one attached hydrogen (secondary N) is 1. The number of halogens is 1. The lowest BCUT2D eigenvalue weighted by atomic mass is 10.0. The summed E-state index contributed by atoms with van der Waals surface area (Å²) in [6, 6.07) is 9.04. The summed E-state index contributed by atoms with van der Waals surface area (Å²) < 4.78 is 1.20. The minimum atomic E-state index is 0.556. The Morgan fingerprint density at radius 2 is 1.75 bits per heavy atom. The van der Waals surface area contributed by atoms with Gasteiger partial charge in [0, 0.05) is 23.6 Å². The molecule has 0 radical (unpaired) electrons. The highest BCUT2D eigenvalue weighted by Crippen LogP contribution is 2.19. The molecule has 0 amide bonds. The van der Waals surface area contributed by atoms with Gasteiger partial charge in [-0.25, -0.2) is 0 Å². The number of rotatable bonds is 8. The smallest absolute Gasteiger partial charge is 0.0245 e. The standard InChI is InChI=1S/C17H29BrN2/c1-13(2)10-19-11-17(14(3)4)20(5)12-15-8-6-7-9-16(15)18/h6-9,13-14,17,19H,10-12H2,1-5H3. The predicted molar refractivity (Wildman–Crippen MR) is 91.9 cm³/mol. The van der Waals surface area contributed by atoms with Gasteiger partial charge in [-0.05, 0) is 37.1 Å². The first-order valence-corrected chi connectivity index (χ1v) is 8.35. The highest BCUT2D eigenvalue weighted by atomic mass is 79.9. The van der Waals surface area contributed by atoms with Crippen molar-refractivity contribution in [3.63, 3.8) is 0 Å². The van der Waals surface area contributed by atoms with Crippen LogP contribution in [0.4, 0.5) is 0 Å². The van der Waals surface area contributed by atoms with Gasteiger partial charge >= 0.3 is 0 Å². The molecule has 0 fully saturated rings. The Morgan fingerprint density at radius 3 is 2.30 bits per heavy atom. The van der Waals surface area contributed by atoms with Gasteiger partial charge in [0.1, 0.15) is 0 Å². The second kappa shape index (κ2) is 8.81. The van der Waals surface area contributed by atoms with E-state index in [0.717, 1.165) is 19.6 Å². The first-order chi connectivity index (χ1) is 9.41. The molecule has 1 rings (SSSR count). The maximum Gasteiger partial charge on any atom is 0.0245 e. The molecule has 1 N–H and O–H groups in total. The van der Waals surface area contributed by atoms with Crippen LogP contribution in [0.25, 0.3) is 0 Å². The van der Waals surface area contributed by atoms with E-state index in [1.165, 1.54) is 10.0 Å². The van der Waals surface area contributed by atoms with E-state index in [2.05, 4.69) is 85.2 Å². The molecule has 0 aliphatic carbocycles. The topological polar surface area (TPSA) is 15.3 Å². The maximum absolute atomic E-state index is 3.64. The molecule has 20 heavy (non-hydrogen) atoms. The van der Waals surface area contributed by atoms with Crippen LogP contribution in [-0.2, 0) is 6.54 Å². The number of hydrogen-bond donors (Lipinski definition) is 1. The van der Waals surface area contributed by atoms with Crippen LogP contribution in [0.15, 0.2) is 28.7 Å². The zero-order valence-electron chi connectivity index (χ0n) is 13.5. The van der Waals surface area contributed by atoms with Crippen molar-refractivity contribution in [1.29, 1.82) is 0 Å². The van der Waals surface area contributed by atoms with Gasteiger partial charge in [0.05, 0.1) is 0 Å². The first kappa shape index (κ1) is 17.7. The number of benzene rings is 1. The fourth-order valence-corrected chi connectivity index (χ4v) is 2.84. The van der Waals surface area contributed by atoms with Crippen LogP contribution in [-0.4, -0.2) is 31.1 Å². The predicted octanol–water partition coefficient (Wildman–Crippen LogP) is 4.15. The Hall–Kier alpha value is -0.380. The summed E-state index contributed by atoms with van der Waals surface area (Å²) in [5.74, 6) is 1.35. The lowest BCUT2D eigenvalue weighted by Gasteiger charge is -2.32. The van der Waals surface area contributed by atoms with Crippen LogP contribution < -0.4 is 5.32 Å². The Bertz CT molecular complexity index is 390. The van der Waals surface area contributed by atoms with Crippen molar-refractivity contribution in [2.45, 2.75) is 40.3 Å². The third-order valence-corrected chi connectivity index (χ3v) is 4.39. The highest BCUT2D eigenvalue weighted by molar-refractivity contribution is 9.10.